The molecule has 1 aliphatic heterocycles. The number of aromatic nitrogens is 3. The number of morpholine rings is 1. The summed E-state index contributed by atoms with van der Waals surface area (Å²) in [5.41, 5.74) is 3.17. The summed E-state index contributed by atoms with van der Waals surface area (Å²) >= 11 is 1.61. The molecule has 0 spiro atoms. The molecule has 1 saturated heterocycles. The van der Waals surface area contributed by atoms with Crippen molar-refractivity contribution < 1.29 is 9.53 Å². The summed E-state index contributed by atoms with van der Waals surface area (Å²) in [5, 5.41) is 4.48. The van der Waals surface area contributed by atoms with E-state index in [1.807, 2.05) is 37.3 Å². The predicted molar refractivity (Wildman–Crippen MR) is 127 cm³/mol. The first-order chi connectivity index (χ1) is 15.6. The third-order valence-corrected chi connectivity index (χ3v) is 6.66. The number of nitrogens with one attached hydrogen (secondary N) is 1. The third-order valence-electron chi connectivity index (χ3n) is 5.58. The summed E-state index contributed by atoms with van der Waals surface area (Å²) in [6.45, 7) is 5.30. The Balaban J connectivity index is 1.26. The number of aryl methyl sites for hydroxylation is 2. The molecule has 164 valence electrons. The first kappa shape index (κ1) is 20.6. The number of nitrogens with zero attached hydrogens (tertiary/aromatic N) is 4. The van der Waals surface area contributed by atoms with Crippen molar-refractivity contribution >= 4 is 49.2 Å². The highest BCUT2D eigenvalue weighted by molar-refractivity contribution is 7.22. The molecule has 1 fully saturated rings. The Bertz CT molecular complexity index is 1360. The van der Waals surface area contributed by atoms with Crippen LogP contribution in [0.15, 0.2) is 47.5 Å². The molecular weight excluding hydrogens is 426 g/mol. The van der Waals surface area contributed by atoms with Crippen LogP contribution in [0.5, 0.6) is 0 Å². The number of rotatable bonds is 5. The van der Waals surface area contributed by atoms with Gasteiger partial charge in [-0.2, -0.15) is 0 Å². The van der Waals surface area contributed by atoms with Crippen molar-refractivity contribution in [1.82, 2.24) is 14.5 Å². The number of ether oxygens (including phenoxy) is 1. The predicted octanol–water partition coefficient (Wildman–Crippen LogP) is 3.18. The van der Waals surface area contributed by atoms with Crippen molar-refractivity contribution in [2.24, 2.45) is 0 Å². The Morgan fingerprint density at radius 2 is 2.06 bits per heavy atom. The number of fused-ring (bicyclic) bond motifs is 2. The van der Waals surface area contributed by atoms with E-state index in [0.717, 1.165) is 39.7 Å². The number of benzene rings is 2. The van der Waals surface area contributed by atoms with Crippen LogP contribution < -0.4 is 15.8 Å². The highest BCUT2D eigenvalue weighted by atomic mass is 32.1. The van der Waals surface area contributed by atoms with Crippen LogP contribution in [0.25, 0.3) is 21.1 Å². The van der Waals surface area contributed by atoms with Crippen LogP contribution in [0.1, 0.15) is 12.0 Å². The quantitative estimate of drug-likeness (QED) is 0.503. The zero-order chi connectivity index (χ0) is 22.1. The molecule has 1 aliphatic rings. The highest BCUT2D eigenvalue weighted by Gasteiger charge is 2.16. The molecular formula is C23H23N5O3S. The molecule has 0 unspecified atom stereocenters. The molecule has 0 aliphatic carbocycles. The van der Waals surface area contributed by atoms with E-state index in [4.69, 9.17) is 9.72 Å². The standard InChI is InChI=1S/C23H23N5O3S/c1-15-3-2-4-17-21(15)24-14-28(22(17)30)8-7-20(29)25-16-5-6-18-19(13-16)32-23(26-18)27-9-11-31-12-10-27/h2-6,13-14H,7-12H2,1H3,(H,25,29). The lowest BCUT2D eigenvalue weighted by Crippen LogP contribution is -2.36. The fourth-order valence-corrected chi connectivity index (χ4v) is 4.88. The second-order valence-corrected chi connectivity index (χ2v) is 8.80. The van der Waals surface area contributed by atoms with Gasteiger partial charge in [-0.15, -0.1) is 0 Å². The van der Waals surface area contributed by atoms with Gasteiger partial charge in [-0.05, 0) is 36.8 Å². The molecule has 0 saturated carbocycles. The molecule has 0 atom stereocenters. The molecule has 1 amide bonds. The van der Waals surface area contributed by atoms with Gasteiger partial charge in [0.05, 0.1) is 40.7 Å². The van der Waals surface area contributed by atoms with Crippen molar-refractivity contribution in [3.8, 4) is 0 Å². The summed E-state index contributed by atoms with van der Waals surface area (Å²) in [6, 6.07) is 11.3. The normalized spacial score (nSPS) is 14.2. The molecule has 3 heterocycles. The molecule has 0 radical (unpaired) electrons. The smallest absolute Gasteiger partial charge is 0.261 e. The number of hydrogen-bond donors (Lipinski definition) is 1. The Kier molecular flexibility index (Phi) is 5.59. The topological polar surface area (TPSA) is 89.4 Å². The van der Waals surface area contributed by atoms with Gasteiger partial charge in [0.1, 0.15) is 0 Å². The van der Waals surface area contributed by atoms with Crippen molar-refractivity contribution in [2.45, 2.75) is 19.9 Å². The van der Waals surface area contributed by atoms with Gasteiger partial charge in [-0.1, -0.05) is 23.5 Å². The average molecular weight is 450 g/mol. The van der Waals surface area contributed by atoms with E-state index in [-0.39, 0.29) is 24.4 Å². The van der Waals surface area contributed by atoms with Crippen molar-refractivity contribution in [2.75, 3.05) is 36.5 Å². The number of carbonyl (C=O) groups is 1. The summed E-state index contributed by atoms with van der Waals surface area (Å²) in [7, 11) is 0. The van der Waals surface area contributed by atoms with E-state index in [2.05, 4.69) is 15.2 Å². The lowest BCUT2D eigenvalue weighted by atomic mass is 10.1. The van der Waals surface area contributed by atoms with E-state index in [1.54, 1.807) is 17.4 Å². The lowest BCUT2D eigenvalue weighted by Gasteiger charge is -2.25. The summed E-state index contributed by atoms with van der Waals surface area (Å²) < 4.78 is 7.92. The second kappa shape index (κ2) is 8.68. The SMILES string of the molecule is Cc1cccc2c(=O)n(CCC(=O)Nc3ccc4nc(N5CCOCC5)sc4c3)cnc12. The minimum absolute atomic E-state index is 0.131. The fourth-order valence-electron chi connectivity index (χ4n) is 3.82. The number of anilines is 2. The van der Waals surface area contributed by atoms with Crippen LogP contribution in [0.3, 0.4) is 0 Å². The molecule has 32 heavy (non-hydrogen) atoms. The maximum atomic E-state index is 12.7. The second-order valence-electron chi connectivity index (χ2n) is 7.79. The Labute approximate surface area is 188 Å². The van der Waals surface area contributed by atoms with Gasteiger partial charge in [0.2, 0.25) is 5.91 Å². The minimum Gasteiger partial charge on any atom is -0.378 e. The van der Waals surface area contributed by atoms with Crippen LogP contribution in [-0.4, -0.2) is 46.7 Å². The van der Waals surface area contributed by atoms with Crippen LogP contribution in [0.4, 0.5) is 10.8 Å². The molecule has 2 aromatic heterocycles. The summed E-state index contributed by atoms with van der Waals surface area (Å²) in [6.07, 6.45) is 1.69. The van der Waals surface area contributed by atoms with Gasteiger partial charge in [0, 0.05) is 31.7 Å². The van der Waals surface area contributed by atoms with Gasteiger partial charge in [-0.25, -0.2) is 9.97 Å². The first-order valence-electron chi connectivity index (χ1n) is 10.6. The largest absolute Gasteiger partial charge is 0.378 e. The number of amides is 1. The fraction of sp³-hybridized carbons (Fsp3) is 0.304. The number of carbonyl (C=O) groups excluding carboxylic acids is 1. The van der Waals surface area contributed by atoms with Crippen molar-refractivity contribution in [3.63, 3.8) is 0 Å². The minimum atomic E-state index is -0.154. The molecule has 4 aromatic rings. The first-order valence-corrected chi connectivity index (χ1v) is 11.4. The van der Waals surface area contributed by atoms with Gasteiger partial charge >= 0.3 is 0 Å². The van der Waals surface area contributed by atoms with Gasteiger partial charge < -0.3 is 15.0 Å². The molecule has 0 bridgehead atoms. The van der Waals surface area contributed by atoms with Crippen molar-refractivity contribution in [1.29, 1.82) is 0 Å². The van der Waals surface area contributed by atoms with E-state index >= 15 is 0 Å². The number of para-hydroxylation sites is 1. The maximum Gasteiger partial charge on any atom is 0.261 e. The zero-order valence-corrected chi connectivity index (χ0v) is 18.5. The average Bonchev–Trinajstić information content (AvgIpc) is 3.23. The van der Waals surface area contributed by atoms with Crippen LogP contribution >= 0.6 is 11.3 Å². The van der Waals surface area contributed by atoms with E-state index < -0.39 is 0 Å². The monoisotopic (exact) mass is 449 g/mol. The van der Waals surface area contributed by atoms with Crippen LogP contribution in [0, 0.1) is 6.92 Å². The summed E-state index contributed by atoms with van der Waals surface area (Å²) in [5.74, 6) is -0.154. The van der Waals surface area contributed by atoms with Crippen LogP contribution in [0.2, 0.25) is 0 Å². The highest BCUT2D eigenvalue weighted by Crippen LogP contribution is 2.31. The Morgan fingerprint density at radius 1 is 1.22 bits per heavy atom. The molecule has 2 aromatic carbocycles. The molecule has 9 heteroatoms. The van der Waals surface area contributed by atoms with E-state index in [0.29, 0.717) is 24.1 Å². The maximum absolute atomic E-state index is 12.7. The molecule has 5 rings (SSSR count). The van der Waals surface area contributed by atoms with Gasteiger partial charge in [0.25, 0.3) is 5.56 Å². The van der Waals surface area contributed by atoms with Crippen LogP contribution in [-0.2, 0) is 16.1 Å². The Hall–Kier alpha value is -3.30. The lowest BCUT2D eigenvalue weighted by molar-refractivity contribution is -0.116. The third kappa shape index (κ3) is 4.09. The summed E-state index contributed by atoms with van der Waals surface area (Å²) in [4.78, 5) is 36.5. The van der Waals surface area contributed by atoms with Crippen molar-refractivity contribution in [3.05, 3.63) is 58.6 Å². The number of hydrogen-bond acceptors (Lipinski definition) is 7. The Morgan fingerprint density at radius 3 is 2.91 bits per heavy atom. The van der Waals surface area contributed by atoms with E-state index in [9.17, 15) is 9.59 Å². The molecule has 8 nitrogen and oxygen atoms in total. The van der Waals surface area contributed by atoms with Gasteiger partial charge in [-0.3, -0.25) is 14.2 Å². The van der Waals surface area contributed by atoms with E-state index in [1.165, 1.54) is 10.9 Å². The van der Waals surface area contributed by atoms with Gasteiger partial charge in [0.15, 0.2) is 5.13 Å². The zero-order valence-electron chi connectivity index (χ0n) is 17.7. The number of thiazole rings is 1. The molecule has 1 N–H and O–H groups in total.